The van der Waals surface area contributed by atoms with Gasteiger partial charge in [0.1, 0.15) is 0 Å². The normalized spacial score (nSPS) is 39.3. The molecule has 0 aromatic carbocycles. The van der Waals surface area contributed by atoms with Gasteiger partial charge in [0.15, 0.2) is 5.78 Å². The molecule has 0 aromatic rings. The highest BCUT2D eigenvalue weighted by molar-refractivity contribution is 5.93. The lowest BCUT2D eigenvalue weighted by Crippen LogP contribution is -2.28. The summed E-state index contributed by atoms with van der Waals surface area (Å²) in [6.45, 7) is 2.25. The van der Waals surface area contributed by atoms with Gasteiger partial charge in [-0.15, -0.1) is 0 Å². The van der Waals surface area contributed by atoms with Gasteiger partial charge in [0.2, 0.25) is 0 Å². The summed E-state index contributed by atoms with van der Waals surface area (Å²) >= 11 is 0. The molecule has 0 radical (unpaired) electrons. The molecule has 3 atom stereocenters. The summed E-state index contributed by atoms with van der Waals surface area (Å²) in [5.41, 5.74) is 3.06. The lowest BCUT2D eigenvalue weighted by atomic mass is 9.66. The smallest absolute Gasteiger partial charge is 0.156 e. The number of ketones is 1. The van der Waals surface area contributed by atoms with Crippen molar-refractivity contribution < 1.29 is 4.79 Å². The minimum atomic E-state index is 0.377. The summed E-state index contributed by atoms with van der Waals surface area (Å²) in [6, 6.07) is 0. The molecular formula is C14H18O. The van der Waals surface area contributed by atoms with Crippen molar-refractivity contribution in [1.82, 2.24) is 0 Å². The Balaban J connectivity index is 1.90. The molecule has 0 unspecified atom stereocenters. The molecule has 0 heterocycles. The minimum absolute atomic E-state index is 0.377. The Morgan fingerprint density at radius 1 is 1.27 bits per heavy atom. The van der Waals surface area contributed by atoms with Crippen molar-refractivity contribution >= 4 is 5.78 Å². The largest absolute Gasteiger partial charge is 0.295 e. The van der Waals surface area contributed by atoms with Crippen molar-refractivity contribution in [2.24, 2.45) is 17.8 Å². The number of hydrogen-bond acceptors (Lipinski definition) is 1. The minimum Gasteiger partial charge on any atom is -0.295 e. The Bertz CT molecular complexity index is 362. The van der Waals surface area contributed by atoms with Crippen LogP contribution in [0.25, 0.3) is 0 Å². The first-order chi connectivity index (χ1) is 7.24. The molecule has 1 heteroatoms. The highest BCUT2D eigenvalue weighted by Crippen LogP contribution is 2.48. The molecule has 0 spiro atoms. The number of rotatable bonds is 0. The molecule has 0 aromatic heterocycles. The topological polar surface area (TPSA) is 17.1 Å². The van der Waals surface area contributed by atoms with Crippen molar-refractivity contribution in [1.29, 1.82) is 0 Å². The van der Waals surface area contributed by atoms with E-state index in [-0.39, 0.29) is 0 Å². The monoisotopic (exact) mass is 202 g/mol. The number of allylic oxidation sites excluding steroid dienone is 4. The summed E-state index contributed by atoms with van der Waals surface area (Å²) in [4.78, 5) is 11.5. The number of carbonyl (C=O) groups is 1. The van der Waals surface area contributed by atoms with Crippen LogP contribution in [-0.2, 0) is 4.79 Å². The van der Waals surface area contributed by atoms with Gasteiger partial charge in [0, 0.05) is 6.42 Å². The predicted molar refractivity (Wildman–Crippen MR) is 60.4 cm³/mol. The maximum Gasteiger partial charge on any atom is 0.156 e. The Kier molecular flexibility index (Phi) is 2.08. The molecule has 0 amide bonds. The van der Waals surface area contributed by atoms with Gasteiger partial charge in [-0.05, 0) is 56.4 Å². The third-order valence-electron chi connectivity index (χ3n) is 4.43. The van der Waals surface area contributed by atoms with Gasteiger partial charge >= 0.3 is 0 Å². The third kappa shape index (κ3) is 1.49. The molecule has 3 aliphatic carbocycles. The van der Waals surface area contributed by atoms with Crippen LogP contribution in [0.1, 0.15) is 39.0 Å². The first-order valence-corrected chi connectivity index (χ1v) is 6.14. The Hall–Kier alpha value is -0.850. The summed E-state index contributed by atoms with van der Waals surface area (Å²) in [6.07, 6.45) is 10.2. The Morgan fingerprint density at radius 3 is 3.00 bits per heavy atom. The van der Waals surface area contributed by atoms with E-state index >= 15 is 0 Å². The highest BCUT2D eigenvalue weighted by atomic mass is 16.1. The van der Waals surface area contributed by atoms with Gasteiger partial charge in [-0.25, -0.2) is 0 Å². The van der Waals surface area contributed by atoms with Crippen LogP contribution in [-0.4, -0.2) is 5.78 Å². The van der Waals surface area contributed by atoms with E-state index in [0.29, 0.717) is 17.6 Å². The van der Waals surface area contributed by atoms with Gasteiger partial charge in [-0.1, -0.05) is 17.2 Å². The van der Waals surface area contributed by atoms with E-state index in [4.69, 9.17) is 0 Å². The molecule has 1 saturated carbocycles. The fraction of sp³-hybridized carbons (Fsp3) is 0.643. The van der Waals surface area contributed by atoms with Gasteiger partial charge in [0.05, 0.1) is 0 Å². The van der Waals surface area contributed by atoms with E-state index in [2.05, 4.69) is 13.0 Å². The molecule has 1 fully saturated rings. The lowest BCUT2D eigenvalue weighted by molar-refractivity contribution is -0.114. The quantitative estimate of drug-likeness (QED) is 0.551. The molecule has 1 nitrogen and oxygen atoms in total. The van der Waals surface area contributed by atoms with Crippen molar-refractivity contribution in [2.75, 3.05) is 0 Å². The second-order valence-corrected chi connectivity index (χ2v) is 5.45. The molecule has 0 bridgehead atoms. The maximum atomic E-state index is 11.5. The predicted octanol–water partition coefficient (Wildman–Crippen LogP) is 3.27. The van der Waals surface area contributed by atoms with E-state index in [1.54, 1.807) is 5.57 Å². The molecule has 0 aliphatic heterocycles. The summed E-state index contributed by atoms with van der Waals surface area (Å²) < 4.78 is 0. The molecule has 0 saturated heterocycles. The number of fused-ring (bicyclic) bond motifs is 3. The molecule has 0 N–H and O–H groups in total. The molecule has 15 heavy (non-hydrogen) atoms. The van der Waals surface area contributed by atoms with Crippen LogP contribution in [0.3, 0.4) is 0 Å². The average molecular weight is 202 g/mol. The summed E-state index contributed by atoms with van der Waals surface area (Å²) in [7, 11) is 0. The van der Waals surface area contributed by atoms with Crippen molar-refractivity contribution in [3.05, 3.63) is 23.3 Å². The van der Waals surface area contributed by atoms with Crippen LogP contribution < -0.4 is 0 Å². The zero-order valence-corrected chi connectivity index (χ0v) is 9.33. The van der Waals surface area contributed by atoms with Crippen LogP contribution in [0.4, 0.5) is 0 Å². The highest BCUT2D eigenvalue weighted by Gasteiger charge is 2.39. The molecular weight excluding hydrogens is 184 g/mol. The van der Waals surface area contributed by atoms with Crippen LogP contribution in [0.5, 0.6) is 0 Å². The Morgan fingerprint density at radius 2 is 2.13 bits per heavy atom. The van der Waals surface area contributed by atoms with Crippen LogP contribution >= 0.6 is 0 Å². The summed E-state index contributed by atoms with van der Waals surface area (Å²) in [5.74, 6) is 2.54. The van der Waals surface area contributed by atoms with E-state index in [9.17, 15) is 4.79 Å². The fourth-order valence-electron chi connectivity index (χ4n) is 3.69. The van der Waals surface area contributed by atoms with Gasteiger partial charge < -0.3 is 0 Å². The van der Waals surface area contributed by atoms with Gasteiger partial charge in [0.25, 0.3) is 0 Å². The number of hydrogen-bond donors (Lipinski definition) is 0. The van der Waals surface area contributed by atoms with E-state index < -0.39 is 0 Å². The second-order valence-electron chi connectivity index (χ2n) is 5.45. The zero-order chi connectivity index (χ0) is 10.4. The standard InChI is InChI=1S/C14H18O/c1-9-2-5-13-10(6-9)3-4-11-7-12(15)8-14(11)13/h2,8,10-11,13H,3-7H2,1H3/t10-,11-,13-/m1/s1. The van der Waals surface area contributed by atoms with Crippen LogP contribution in [0, 0.1) is 17.8 Å². The first-order valence-electron chi connectivity index (χ1n) is 6.14. The van der Waals surface area contributed by atoms with E-state index in [1.165, 1.54) is 31.3 Å². The fourth-order valence-corrected chi connectivity index (χ4v) is 3.69. The van der Waals surface area contributed by atoms with E-state index in [0.717, 1.165) is 12.3 Å². The first kappa shape index (κ1) is 9.38. The van der Waals surface area contributed by atoms with Crippen molar-refractivity contribution in [3.8, 4) is 0 Å². The summed E-state index contributed by atoms with van der Waals surface area (Å²) in [5, 5.41) is 0. The average Bonchev–Trinajstić information content (AvgIpc) is 2.58. The lowest BCUT2D eigenvalue weighted by Gasteiger charge is -2.39. The van der Waals surface area contributed by atoms with E-state index in [1.807, 2.05) is 6.08 Å². The van der Waals surface area contributed by atoms with Crippen LogP contribution in [0.2, 0.25) is 0 Å². The number of carbonyl (C=O) groups excluding carboxylic acids is 1. The van der Waals surface area contributed by atoms with Crippen molar-refractivity contribution in [2.45, 2.75) is 39.0 Å². The molecule has 3 rings (SSSR count). The maximum absolute atomic E-state index is 11.5. The molecule has 80 valence electrons. The SMILES string of the molecule is CC1=CC[C@H]2C3=CC(=O)C[C@H]3CC[C@@H]2C1. The zero-order valence-electron chi connectivity index (χ0n) is 9.33. The van der Waals surface area contributed by atoms with Crippen molar-refractivity contribution in [3.63, 3.8) is 0 Å². The second kappa shape index (κ2) is 3.33. The van der Waals surface area contributed by atoms with Crippen LogP contribution in [0.15, 0.2) is 23.3 Å². The van der Waals surface area contributed by atoms with Gasteiger partial charge in [-0.3, -0.25) is 4.79 Å². The molecule has 3 aliphatic rings. The van der Waals surface area contributed by atoms with Gasteiger partial charge in [-0.2, -0.15) is 0 Å². The third-order valence-corrected chi connectivity index (χ3v) is 4.43. The Labute approximate surface area is 91.2 Å².